The lowest BCUT2D eigenvalue weighted by Crippen LogP contribution is -2.40. The molecule has 2 aromatic carbocycles. The largest absolute Gasteiger partial charge is 0.351 e. The maximum atomic E-state index is 12.6. The van der Waals surface area contributed by atoms with Crippen LogP contribution in [-0.2, 0) is 11.2 Å². The average Bonchev–Trinajstić information content (AvgIpc) is 2.78. The molecule has 2 aromatic rings. The molecule has 0 unspecified atom stereocenters. The van der Waals surface area contributed by atoms with Crippen LogP contribution >= 0.6 is 0 Å². The van der Waals surface area contributed by atoms with Gasteiger partial charge in [0.05, 0.1) is 6.42 Å². The highest BCUT2D eigenvalue weighted by molar-refractivity contribution is 5.95. The molecule has 178 valence electrons. The van der Waals surface area contributed by atoms with E-state index in [0.29, 0.717) is 18.0 Å². The van der Waals surface area contributed by atoms with Crippen molar-refractivity contribution in [1.82, 2.24) is 10.2 Å². The molecule has 0 saturated heterocycles. The number of hydrogen-bond acceptors (Lipinski definition) is 3. The Bertz CT molecular complexity index is 928. The summed E-state index contributed by atoms with van der Waals surface area (Å²) in [7, 11) is 4.06. The number of nitrogens with one attached hydrogen (secondary N) is 2. The minimum atomic E-state index is -0.109. The zero-order chi connectivity index (χ0) is 23.8. The van der Waals surface area contributed by atoms with Crippen molar-refractivity contribution in [3.63, 3.8) is 0 Å². The molecular formula is C28H39N3O2. The third-order valence-corrected chi connectivity index (χ3v) is 6.30. The van der Waals surface area contributed by atoms with E-state index in [1.807, 2.05) is 38.4 Å². The van der Waals surface area contributed by atoms with Crippen molar-refractivity contribution in [2.45, 2.75) is 58.3 Å². The van der Waals surface area contributed by atoms with E-state index in [2.05, 4.69) is 41.5 Å². The Morgan fingerprint density at radius 3 is 2.36 bits per heavy atom. The summed E-state index contributed by atoms with van der Waals surface area (Å²) in [5.74, 6) is 0.471. The maximum Gasteiger partial charge on any atom is 0.251 e. The van der Waals surface area contributed by atoms with Crippen molar-refractivity contribution in [1.29, 1.82) is 0 Å². The highest BCUT2D eigenvalue weighted by Gasteiger charge is 2.20. The number of amides is 2. The lowest BCUT2D eigenvalue weighted by atomic mass is 9.84. The molecule has 2 amide bonds. The Kier molecular flexibility index (Phi) is 8.67. The summed E-state index contributed by atoms with van der Waals surface area (Å²) < 4.78 is 0. The topological polar surface area (TPSA) is 61.4 Å². The van der Waals surface area contributed by atoms with Gasteiger partial charge in [0.25, 0.3) is 5.91 Å². The van der Waals surface area contributed by atoms with Crippen molar-refractivity contribution < 1.29 is 9.59 Å². The molecule has 0 radical (unpaired) electrons. The molecule has 0 spiro atoms. The summed E-state index contributed by atoms with van der Waals surface area (Å²) in [5.41, 5.74) is 3.57. The van der Waals surface area contributed by atoms with Gasteiger partial charge in [-0.1, -0.05) is 57.4 Å². The number of benzene rings is 2. The van der Waals surface area contributed by atoms with E-state index in [1.54, 1.807) is 12.1 Å². The lowest BCUT2D eigenvalue weighted by Gasteiger charge is -2.28. The van der Waals surface area contributed by atoms with E-state index < -0.39 is 0 Å². The van der Waals surface area contributed by atoms with Crippen LogP contribution in [0.4, 0.5) is 5.69 Å². The number of carbonyl (C=O) groups excluding carboxylic acids is 2. The Morgan fingerprint density at radius 2 is 1.70 bits per heavy atom. The predicted molar refractivity (Wildman–Crippen MR) is 136 cm³/mol. The quantitative estimate of drug-likeness (QED) is 0.551. The third kappa shape index (κ3) is 8.01. The molecule has 0 heterocycles. The molecule has 1 aliphatic rings. The fourth-order valence-corrected chi connectivity index (χ4v) is 4.82. The minimum absolute atomic E-state index is 0.0246. The van der Waals surface area contributed by atoms with Crippen LogP contribution in [0.5, 0.6) is 0 Å². The van der Waals surface area contributed by atoms with Crippen molar-refractivity contribution in [2.75, 3.05) is 32.5 Å². The van der Waals surface area contributed by atoms with Crippen LogP contribution in [0.1, 0.15) is 73.4 Å². The van der Waals surface area contributed by atoms with Crippen molar-refractivity contribution in [3.8, 4) is 0 Å². The summed E-state index contributed by atoms with van der Waals surface area (Å²) in [4.78, 5) is 27.4. The van der Waals surface area contributed by atoms with E-state index >= 15 is 0 Å². The zero-order valence-corrected chi connectivity index (χ0v) is 20.6. The van der Waals surface area contributed by atoms with E-state index in [0.717, 1.165) is 17.8 Å². The maximum absolute atomic E-state index is 12.6. The van der Waals surface area contributed by atoms with Crippen LogP contribution in [0.15, 0.2) is 48.5 Å². The molecule has 33 heavy (non-hydrogen) atoms. The molecule has 5 nitrogen and oxygen atoms in total. The zero-order valence-electron chi connectivity index (χ0n) is 20.6. The fraction of sp³-hybridized carbons (Fsp3) is 0.500. The first-order chi connectivity index (χ1) is 15.7. The van der Waals surface area contributed by atoms with Gasteiger partial charge in [-0.15, -0.1) is 0 Å². The standard InChI is InChI=1S/C28H39N3O2/c1-28(2,20-31(3)4)19-29-27(33)24-12-8-9-21(17-24)18-26(32)30-25-15-13-23(14-16-25)22-10-6-5-7-11-22/h8-9,12-17,22H,5-7,10-11,18-20H2,1-4H3,(H,29,33)(H,30,32). The second kappa shape index (κ2) is 11.5. The smallest absolute Gasteiger partial charge is 0.251 e. The fourth-order valence-electron chi connectivity index (χ4n) is 4.82. The van der Waals surface area contributed by atoms with Gasteiger partial charge in [-0.3, -0.25) is 9.59 Å². The Balaban J connectivity index is 1.53. The highest BCUT2D eigenvalue weighted by Crippen LogP contribution is 2.33. The second-order valence-corrected chi connectivity index (χ2v) is 10.5. The third-order valence-electron chi connectivity index (χ3n) is 6.30. The highest BCUT2D eigenvalue weighted by atomic mass is 16.2. The van der Waals surface area contributed by atoms with E-state index in [-0.39, 0.29) is 23.7 Å². The van der Waals surface area contributed by atoms with E-state index in [1.165, 1.54) is 37.7 Å². The number of rotatable bonds is 9. The SMILES string of the molecule is CN(C)CC(C)(C)CNC(=O)c1cccc(CC(=O)Nc2ccc(C3CCCCC3)cc2)c1. The summed E-state index contributed by atoms with van der Waals surface area (Å²) in [6, 6.07) is 15.6. The molecular weight excluding hydrogens is 410 g/mol. The predicted octanol–water partition coefficient (Wildman–Crippen LogP) is 5.23. The van der Waals surface area contributed by atoms with Crippen molar-refractivity contribution in [2.24, 2.45) is 5.41 Å². The molecule has 0 aliphatic heterocycles. The molecule has 2 N–H and O–H groups in total. The van der Waals surface area contributed by atoms with Gasteiger partial charge in [-0.2, -0.15) is 0 Å². The van der Waals surface area contributed by atoms with Gasteiger partial charge in [-0.05, 0) is 73.7 Å². The minimum Gasteiger partial charge on any atom is -0.351 e. The monoisotopic (exact) mass is 449 g/mol. The first-order valence-corrected chi connectivity index (χ1v) is 12.1. The Morgan fingerprint density at radius 1 is 1.00 bits per heavy atom. The van der Waals surface area contributed by atoms with Crippen LogP contribution in [0.2, 0.25) is 0 Å². The van der Waals surface area contributed by atoms with Crippen molar-refractivity contribution >= 4 is 17.5 Å². The molecule has 1 saturated carbocycles. The first kappa shape index (κ1) is 25.0. The number of anilines is 1. The summed E-state index contributed by atoms with van der Waals surface area (Å²) in [6.07, 6.45) is 6.74. The molecule has 1 aliphatic carbocycles. The number of nitrogens with zero attached hydrogens (tertiary/aromatic N) is 1. The second-order valence-electron chi connectivity index (χ2n) is 10.5. The molecule has 0 aromatic heterocycles. The van der Waals surface area contributed by atoms with Gasteiger partial charge in [0.2, 0.25) is 5.91 Å². The summed E-state index contributed by atoms with van der Waals surface area (Å²) in [6.45, 7) is 5.74. The molecule has 1 fully saturated rings. The Labute approximate surface area is 199 Å². The normalized spacial score (nSPS) is 14.8. The Hall–Kier alpha value is -2.66. The van der Waals surface area contributed by atoms with Gasteiger partial charge in [0.1, 0.15) is 0 Å². The van der Waals surface area contributed by atoms with E-state index in [4.69, 9.17) is 0 Å². The molecule has 5 heteroatoms. The molecule has 0 atom stereocenters. The molecule has 3 rings (SSSR count). The van der Waals surface area contributed by atoms with E-state index in [9.17, 15) is 9.59 Å². The summed E-state index contributed by atoms with van der Waals surface area (Å²) in [5, 5.41) is 6.02. The van der Waals surface area contributed by atoms with Gasteiger partial charge in [0, 0.05) is 24.3 Å². The average molecular weight is 450 g/mol. The summed E-state index contributed by atoms with van der Waals surface area (Å²) >= 11 is 0. The molecule has 0 bridgehead atoms. The van der Waals surface area contributed by atoms with Gasteiger partial charge >= 0.3 is 0 Å². The van der Waals surface area contributed by atoms with Gasteiger partial charge < -0.3 is 15.5 Å². The number of carbonyl (C=O) groups is 2. The van der Waals surface area contributed by atoms with Crippen LogP contribution in [0.25, 0.3) is 0 Å². The van der Waals surface area contributed by atoms with Gasteiger partial charge in [0.15, 0.2) is 0 Å². The van der Waals surface area contributed by atoms with Crippen molar-refractivity contribution in [3.05, 3.63) is 65.2 Å². The van der Waals surface area contributed by atoms with Crippen LogP contribution in [0.3, 0.4) is 0 Å². The lowest BCUT2D eigenvalue weighted by molar-refractivity contribution is -0.115. The van der Waals surface area contributed by atoms with Gasteiger partial charge in [-0.25, -0.2) is 0 Å². The van der Waals surface area contributed by atoms with Crippen LogP contribution in [0, 0.1) is 5.41 Å². The number of hydrogen-bond donors (Lipinski definition) is 2. The first-order valence-electron chi connectivity index (χ1n) is 12.1. The van der Waals surface area contributed by atoms with Crippen LogP contribution < -0.4 is 10.6 Å². The van der Waals surface area contributed by atoms with Crippen LogP contribution in [-0.4, -0.2) is 43.9 Å².